The highest BCUT2D eigenvalue weighted by Crippen LogP contribution is 1.92. The van der Waals surface area contributed by atoms with Crippen LogP contribution < -0.4 is 0 Å². The molecule has 0 spiro atoms. The Kier molecular flexibility index (Phi) is 6.03. The van der Waals surface area contributed by atoms with Crippen molar-refractivity contribution in [2.75, 3.05) is 0 Å². The second-order valence-corrected chi connectivity index (χ2v) is 4.69. The van der Waals surface area contributed by atoms with Gasteiger partial charge in [0, 0.05) is 12.8 Å². The first-order valence-corrected chi connectivity index (χ1v) is 5.65. The fourth-order valence-corrected chi connectivity index (χ4v) is 2.45. The normalized spacial score (nSPS) is 9.64. The van der Waals surface area contributed by atoms with Gasteiger partial charge in [0.1, 0.15) is 10.8 Å². The second-order valence-electron chi connectivity index (χ2n) is 2.75. The van der Waals surface area contributed by atoms with E-state index in [1.165, 1.54) is 0 Å². The fraction of sp³-hybridized carbons (Fsp3) is 0.750. The van der Waals surface area contributed by atoms with E-state index < -0.39 is 9.52 Å². The van der Waals surface area contributed by atoms with Crippen LogP contribution in [0, 0.1) is 0 Å². The van der Waals surface area contributed by atoms with Crippen molar-refractivity contribution in [2.45, 2.75) is 39.5 Å². The van der Waals surface area contributed by atoms with E-state index in [0.717, 1.165) is 12.8 Å². The Balaban J connectivity index is 3.49. The minimum atomic E-state index is -1.04. The van der Waals surface area contributed by atoms with Crippen LogP contribution in [0.4, 0.5) is 0 Å². The molecular weight excluding hydrogens is 156 g/mol. The lowest BCUT2D eigenvalue weighted by atomic mass is 10.4. The molecule has 0 aromatic heterocycles. The van der Waals surface area contributed by atoms with Gasteiger partial charge in [0.25, 0.3) is 0 Å². The van der Waals surface area contributed by atoms with Crippen LogP contribution in [-0.4, -0.2) is 20.3 Å². The average Bonchev–Trinajstić information content (AvgIpc) is 1.87. The molecule has 0 N–H and O–H groups in total. The predicted molar refractivity (Wildman–Crippen MR) is 48.4 cm³/mol. The molecule has 0 saturated carbocycles. The zero-order valence-corrected chi connectivity index (χ0v) is 8.77. The van der Waals surface area contributed by atoms with Gasteiger partial charge in [-0.15, -0.1) is 0 Å². The van der Waals surface area contributed by atoms with E-state index in [2.05, 4.69) is 0 Å². The van der Waals surface area contributed by atoms with Gasteiger partial charge in [-0.05, 0) is 12.8 Å². The van der Waals surface area contributed by atoms with Gasteiger partial charge in [0.2, 0.25) is 0 Å². The smallest absolute Gasteiger partial charge is 0.178 e. The molecule has 0 amide bonds. The van der Waals surface area contributed by atoms with Crippen molar-refractivity contribution in [2.24, 2.45) is 0 Å². The number of rotatable bonds is 6. The first-order chi connectivity index (χ1) is 5.20. The maximum atomic E-state index is 11.0. The maximum Gasteiger partial charge on any atom is 0.178 e. The van der Waals surface area contributed by atoms with E-state index in [-0.39, 0.29) is 10.8 Å². The number of carbonyl (C=O) groups excluding carboxylic acids is 2. The summed E-state index contributed by atoms with van der Waals surface area (Å²) in [5, 5.41) is 0.455. The monoisotopic (exact) mass is 172 g/mol. The minimum absolute atomic E-state index is 0.228. The third kappa shape index (κ3) is 5.98. The van der Waals surface area contributed by atoms with Crippen LogP contribution in [0.2, 0.25) is 0 Å². The highest BCUT2D eigenvalue weighted by molar-refractivity contribution is 6.97. The number of hydrogen-bond donors (Lipinski definition) is 0. The summed E-state index contributed by atoms with van der Waals surface area (Å²) in [5.41, 5.74) is 0. The van der Waals surface area contributed by atoms with Gasteiger partial charge >= 0.3 is 0 Å². The lowest BCUT2D eigenvalue weighted by Crippen LogP contribution is -2.19. The molecule has 0 fully saturated rings. The van der Waals surface area contributed by atoms with Gasteiger partial charge in [-0.25, -0.2) is 0 Å². The number of carbonyl (C=O) groups is 2. The Morgan fingerprint density at radius 3 is 1.64 bits per heavy atom. The van der Waals surface area contributed by atoms with E-state index >= 15 is 0 Å². The average molecular weight is 172 g/mol. The maximum absolute atomic E-state index is 11.0. The summed E-state index contributed by atoms with van der Waals surface area (Å²) < 4.78 is 0. The summed E-state index contributed by atoms with van der Waals surface area (Å²) in [7, 11) is -1.04. The molecule has 2 nitrogen and oxygen atoms in total. The zero-order valence-electron chi connectivity index (χ0n) is 7.35. The van der Waals surface area contributed by atoms with Crippen LogP contribution in [0.5, 0.6) is 0 Å². The molecule has 0 unspecified atom stereocenters. The van der Waals surface area contributed by atoms with E-state index in [1.54, 1.807) is 0 Å². The Morgan fingerprint density at radius 2 is 1.36 bits per heavy atom. The third-order valence-electron chi connectivity index (χ3n) is 1.45. The molecule has 0 saturated heterocycles. The zero-order chi connectivity index (χ0) is 8.69. The van der Waals surface area contributed by atoms with Crippen LogP contribution in [0.15, 0.2) is 0 Å². The lowest BCUT2D eigenvalue weighted by Gasteiger charge is -1.95. The minimum Gasteiger partial charge on any atom is -0.306 e. The van der Waals surface area contributed by atoms with Crippen molar-refractivity contribution in [1.82, 2.24) is 0 Å². The Bertz CT molecular complexity index is 127. The Labute approximate surface area is 70.2 Å². The van der Waals surface area contributed by atoms with Gasteiger partial charge in [-0.2, -0.15) is 0 Å². The quantitative estimate of drug-likeness (QED) is 0.556. The van der Waals surface area contributed by atoms with Gasteiger partial charge < -0.3 is 9.59 Å². The van der Waals surface area contributed by atoms with Crippen molar-refractivity contribution in [1.29, 1.82) is 0 Å². The summed E-state index contributed by atoms with van der Waals surface area (Å²) in [6, 6.07) is 0. The molecular formula is C8H16O2Si. The summed E-state index contributed by atoms with van der Waals surface area (Å²) in [6.45, 7) is 3.94. The Hall–Kier alpha value is -0.443. The first-order valence-electron chi connectivity index (χ1n) is 4.24. The van der Waals surface area contributed by atoms with Gasteiger partial charge in [0.15, 0.2) is 9.52 Å². The highest BCUT2D eigenvalue weighted by atomic mass is 28.2. The summed E-state index contributed by atoms with van der Waals surface area (Å²) in [5.74, 6) is 0. The molecule has 0 aliphatic heterocycles. The van der Waals surface area contributed by atoms with E-state index in [1.807, 2.05) is 13.8 Å². The molecule has 64 valence electrons. The molecule has 0 heterocycles. The lowest BCUT2D eigenvalue weighted by molar-refractivity contribution is -0.115. The van der Waals surface area contributed by atoms with E-state index in [9.17, 15) is 9.59 Å². The van der Waals surface area contributed by atoms with Crippen molar-refractivity contribution in [3.63, 3.8) is 0 Å². The predicted octanol–water partition coefficient (Wildman–Crippen LogP) is 0.809. The molecule has 0 aromatic rings. The summed E-state index contributed by atoms with van der Waals surface area (Å²) >= 11 is 0. The van der Waals surface area contributed by atoms with E-state index in [4.69, 9.17) is 0 Å². The molecule has 11 heavy (non-hydrogen) atoms. The van der Waals surface area contributed by atoms with Crippen LogP contribution in [0.25, 0.3) is 0 Å². The molecule has 3 heteroatoms. The van der Waals surface area contributed by atoms with Crippen LogP contribution in [-0.2, 0) is 9.59 Å². The van der Waals surface area contributed by atoms with Crippen LogP contribution in [0.3, 0.4) is 0 Å². The largest absolute Gasteiger partial charge is 0.306 e. The molecule has 0 rings (SSSR count). The van der Waals surface area contributed by atoms with Gasteiger partial charge in [0.05, 0.1) is 0 Å². The topological polar surface area (TPSA) is 34.1 Å². The van der Waals surface area contributed by atoms with Crippen molar-refractivity contribution >= 4 is 20.3 Å². The molecule has 0 bridgehead atoms. The molecule has 0 atom stereocenters. The van der Waals surface area contributed by atoms with Crippen molar-refractivity contribution in [3.05, 3.63) is 0 Å². The number of hydrogen-bond acceptors (Lipinski definition) is 2. The van der Waals surface area contributed by atoms with Gasteiger partial charge in [-0.3, -0.25) is 0 Å². The molecule has 0 radical (unpaired) electrons. The Morgan fingerprint density at radius 1 is 1.00 bits per heavy atom. The first kappa shape index (κ1) is 10.6. The summed E-state index contributed by atoms with van der Waals surface area (Å²) in [4.78, 5) is 21.9. The van der Waals surface area contributed by atoms with Crippen LogP contribution in [0.1, 0.15) is 39.5 Å². The molecule has 0 aliphatic carbocycles. The van der Waals surface area contributed by atoms with Crippen molar-refractivity contribution < 1.29 is 9.59 Å². The fourth-order valence-electron chi connectivity index (χ4n) is 0.954. The standard InChI is InChI=1S/C8H16O2Si/c1-3-5-7(9)11-8(10)6-4-2/h3-6,11H2,1-2H3. The third-order valence-corrected chi connectivity index (χ3v) is 2.95. The van der Waals surface area contributed by atoms with Gasteiger partial charge in [-0.1, -0.05) is 13.8 Å². The SMILES string of the molecule is CCCC(=O)[SiH2]C(=O)CCC. The molecule has 0 aromatic carbocycles. The van der Waals surface area contributed by atoms with Crippen molar-refractivity contribution in [3.8, 4) is 0 Å². The second kappa shape index (κ2) is 6.28. The highest BCUT2D eigenvalue weighted by Gasteiger charge is 2.07. The summed E-state index contributed by atoms with van der Waals surface area (Å²) in [6.07, 6.45) is 2.99. The van der Waals surface area contributed by atoms with E-state index in [0.29, 0.717) is 12.8 Å². The molecule has 0 aliphatic rings. The van der Waals surface area contributed by atoms with Crippen LogP contribution >= 0.6 is 0 Å².